The fourth-order valence-corrected chi connectivity index (χ4v) is 4.06. The lowest BCUT2D eigenvalue weighted by molar-refractivity contribution is 0.0936. The molecule has 0 aliphatic carbocycles. The molecule has 4 aromatic heterocycles. The summed E-state index contributed by atoms with van der Waals surface area (Å²) in [5.74, 6) is -0.632. The van der Waals surface area contributed by atoms with E-state index in [9.17, 15) is 9.59 Å². The first-order valence-electron chi connectivity index (χ1n) is 9.83. The van der Waals surface area contributed by atoms with E-state index in [0.29, 0.717) is 9.99 Å². The first-order chi connectivity index (χ1) is 15.8. The molecule has 0 atom stereocenters. The summed E-state index contributed by atoms with van der Waals surface area (Å²) in [5.41, 5.74) is 1.10. The lowest BCUT2D eigenvalue weighted by Gasteiger charge is -2.26. The molecule has 0 saturated carbocycles. The van der Waals surface area contributed by atoms with E-state index in [2.05, 4.69) is 41.5 Å². The maximum Gasteiger partial charge on any atom is 0.282 e. The van der Waals surface area contributed by atoms with Crippen molar-refractivity contribution in [3.63, 3.8) is 0 Å². The smallest absolute Gasteiger partial charge is 0.282 e. The Morgan fingerprint density at radius 2 is 2.06 bits per heavy atom. The molecule has 0 spiro atoms. The highest BCUT2D eigenvalue weighted by atomic mass is 79.9. The van der Waals surface area contributed by atoms with Crippen molar-refractivity contribution in [3.05, 3.63) is 63.6 Å². The number of carbonyl (C=O) groups excluding carboxylic acids is 2. The SMILES string of the molecule is COc1cc(C(=O)N(c2ncccc2Cl)c2c(Br)cc3ccnn3c2C(=O)NC(C)C)[nH]n1. The van der Waals surface area contributed by atoms with Crippen molar-refractivity contribution in [1.82, 2.24) is 30.1 Å². The number of hydrogen-bond donors (Lipinski definition) is 2. The third-order valence-corrected chi connectivity index (χ3v) is 5.51. The second kappa shape index (κ2) is 9.20. The fraction of sp³-hybridized carbons (Fsp3) is 0.190. The topological polar surface area (TPSA) is 118 Å². The molecule has 2 amide bonds. The third kappa shape index (κ3) is 4.29. The van der Waals surface area contributed by atoms with Gasteiger partial charge in [0.1, 0.15) is 5.69 Å². The van der Waals surface area contributed by atoms with Crippen molar-refractivity contribution < 1.29 is 14.3 Å². The zero-order valence-corrected chi connectivity index (χ0v) is 20.2. The summed E-state index contributed by atoms with van der Waals surface area (Å²) in [7, 11) is 1.44. The summed E-state index contributed by atoms with van der Waals surface area (Å²) in [6, 6.07) is 8.03. The molecular weight excluding hydrogens is 514 g/mol. The van der Waals surface area contributed by atoms with Crippen LogP contribution < -0.4 is 15.0 Å². The Hall–Kier alpha value is -3.44. The minimum absolute atomic E-state index is 0.108. The Morgan fingerprint density at radius 3 is 2.73 bits per heavy atom. The van der Waals surface area contributed by atoms with Gasteiger partial charge in [-0.05, 0) is 54.0 Å². The molecule has 12 heteroatoms. The van der Waals surface area contributed by atoms with Gasteiger partial charge in [0.15, 0.2) is 11.5 Å². The van der Waals surface area contributed by atoms with Crippen molar-refractivity contribution in [2.45, 2.75) is 19.9 Å². The summed E-state index contributed by atoms with van der Waals surface area (Å²) in [6.45, 7) is 3.68. The van der Waals surface area contributed by atoms with Gasteiger partial charge in [0.2, 0.25) is 5.88 Å². The molecule has 10 nitrogen and oxygen atoms in total. The highest BCUT2D eigenvalue weighted by molar-refractivity contribution is 9.10. The van der Waals surface area contributed by atoms with Gasteiger partial charge in [-0.2, -0.15) is 5.10 Å². The fourth-order valence-electron chi connectivity index (χ4n) is 3.25. The van der Waals surface area contributed by atoms with Crippen LogP contribution in [0.1, 0.15) is 34.8 Å². The molecule has 4 heterocycles. The molecule has 4 aromatic rings. The maximum absolute atomic E-state index is 13.8. The average Bonchev–Trinajstić information content (AvgIpc) is 3.43. The highest BCUT2D eigenvalue weighted by Gasteiger charge is 2.32. The molecule has 170 valence electrons. The number of carbonyl (C=O) groups is 2. The molecule has 2 N–H and O–H groups in total. The molecule has 0 radical (unpaired) electrons. The average molecular weight is 533 g/mol. The van der Waals surface area contributed by atoms with Crippen LogP contribution in [-0.4, -0.2) is 49.8 Å². The number of fused-ring (bicyclic) bond motifs is 1. The molecule has 0 aromatic carbocycles. The van der Waals surface area contributed by atoms with E-state index in [-0.39, 0.29) is 39.8 Å². The van der Waals surface area contributed by atoms with Crippen LogP contribution in [0.5, 0.6) is 5.88 Å². The largest absolute Gasteiger partial charge is 0.480 e. The second-order valence-electron chi connectivity index (χ2n) is 7.26. The second-order valence-corrected chi connectivity index (χ2v) is 8.52. The van der Waals surface area contributed by atoms with E-state index in [1.807, 2.05) is 13.8 Å². The van der Waals surface area contributed by atoms with Gasteiger partial charge >= 0.3 is 0 Å². The van der Waals surface area contributed by atoms with Gasteiger partial charge in [-0.1, -0.05) is 11.6 Å². The minimum Gasteiger partial charge on any atom is -0.480 e. The van der Waals surface area contributed by atoms with Gasteiger partial charge in [-0.3, -0.25) is 19.6 Å². The number of aromatic amines is 1. The van der Waals surface area contributed by atoms with Crippen molar-refractivity contribution in [1.29, 1.82) is 0 Å². The molecular formula is C21H19BrClN7O3. The first kappa shape index (κ1) is 22.7. The Labute approximate surface area is 202 Å². The van der Waals surface area contributed by atoms with Crippen molar-refractivity contribution in [2.24, 2.45) is 0 Å². The summed E-state index contributed by atoms with van der Waals surface area (Å²) >= 11 is 9.99. The summed E-state index contributed by atoms with van der Waals surface area (Å²) in [5, 5.41) is 14.0. The summed E-state index contributed by atoms with van der Waals surface area (Å²) < 4.78 is 7.02. The standard InChI is InChI=1S/C21H19BrClN7O3/c1-11(2)26-20(31)18-17(13(22)9-12-6-8-25-30(12)18)29(19-14(23)5-4-7-24-19)21(32)15-10-16(33-3)28-27-15/h4-11H,1-3H3,(H,26,31)(H,27,28). The Morgan fingerprint density at radius 1 is 1.27 bits per heavy atom. The van der Waals surface area contributed by atoms with E-state index < -0.39 is 11.8 Å². The van der Waals surface area contributed by atoms with Crippen LogP contribution >= 0.6 is 27.5 Å². The van der Waals surface area contributed by atoms with Crippen LogP contribution in [0.4, 0.5) is 11.5 Å². The lowest BCUT2D eigenvalue weighted by Crippen LogP contribution is -2.36. The first-order valence-corrected chi connectivity index (χ1v) is 11.0. The number of anilines is 2. The quantitative estimate of drug-likeness (QED) is 0.388. The van der Waals surface area contributed by atoms with Crippen LogP contribution in [0.25, 0.3) is 5.52 Å². The van der Waals surface area contributed by atoms with Crippen molar-refractivity contribution in [2.75, 3.05) is 12.0 Å². The van der Waals surface area contributed by atoms with Gasteiger partial charge in [0.05, 0.1) is 29.5 Å². The Balaban J connectivity index is 2.02. The molecule has 0 aliphatic rings. The number of ether oxygens (including phenoxy) is 1. The number of halogens is 2. The molecule has 4 rings (SSSR count). The molecule has 0 saturated heterocycles. The number of nitrogens with one attached hydrogen (secondary N) is 2. The van der Waals surface area contributed by atoms with Crippen LogP contribution in [0.3, 0.4) is 0 Å². The van der Waals surface area contributed by atoms with Gasteiger partial charge in [-0.25, -0.2) is 9.50 Å². The molecule has 0 bridgehead atoms. The van der Waals surface area contributed by atoms with Crippen molar-refractivity contribution >= 4 is 56.4 Å². The maximum atomic E-state index is 13.8. The zero-order valence-electron chi connectivity index (χ0n) is 17.8. The number of rotatable bonds is 6. The van der Waals surface area contributed by atoms with E-state index in [1.54, 1.807) is 30.5 Å². The van der Waals surface area contributed by atoms with Gasteiger partial charge in [-0.15, -0.1) is 5.10 Å². The monoisotopic (exact) mass is 531 g/mol. The number of pyridine rings is 2. The molecule has 0 fully saturated rings. The van der Waals surface area contributed by atoms with E-state index in [0.717, 1.165) is 0 Å². The zero-order chi connectivity index (χ0) is 23.7. The van der Waals surface area contributed by atoms with Crippen LogP contribution in [0.2, 0.25) is 5.02 Å². The van der Waals surface area contributed by atoms with Gasteiger partial charge < -0.3 is 10.1 Å². The van der Waals surface area contributed by atoms with Crippen molar-refractivity contribution in [3.8, 4) is 5.88 Å². The van der Waals surface area contributed by atoms with Crippen LogP contribution in [0.15, 0.2) is 47.2 Å². The lowest BCUT2D eigenvalue weighted by atomic mass is 10.2. The highest BCUT2D eigenvalue weighted by Crippen LogP contribution is 2.39. The van der Waals surface area contributed by atoms with E-state index in [4.69, 9.17) is 16.3 Å². The molecule has 0 unspecified atom stereocenters. The molecule has 33 heavy (non-hydrogen) atoms. The number of nitrogens with zero attached hydrogens (tertiary/aromatic N) is 5. The third-order valence-electron chi connectivity index (χ3n) is 4.62. The summed E-state index contributed by atoms with van der Waals surface area (Å²) in [4.78, 5) is 32.7. The number of H-pyrrole nitrogens is 1. The minimum atomic E-state index is -0.558. The summed E-state index contributed by atoms with van der Waals surface area (Å²) in [6.07, 6.45) is 3.07. The number of hydrogen-bond acceptors (Lipinski definition) is 6. The van der Waals surface area contributed by atoms with Gasteiger partial charge in [0, 0.05) is 22.8 Å². The number of aromatic nitrogens is 5. The van der Waals surface area contributed by atoms with Crippen LogP contribution in [-0.2, 0) is 0 Å². The Bertz CT molecular complexity index is 1350. The van der Waals surface area contributed by atoms with E-state index in [1.165, 1.54) is 28.8 Å². The number of amides is 2. The number of methoxy groups -OCH3 is 1. The van der Waals surface area contributed by atoms with Gasteiger partial charge in [0.25, 0.3) is 11.8 Å². The Kier molecular flexibility index (Phi) is 6.34. The predicted molar refractivity (Wildman–Crippen MR) is 126 cm³/mol. The van der Waals surface area contributed by atoms with Crippen LogP contribution in [0, 0.1) is 0 Å². The van der Waals surface area contributed by atoms with E-state index >= 15 is 0 Å². The normalized spacial score (nSPS) is 11.1. The predicted octanol–water partition coefficient (Wildman–Crippen LogP) is 3.99. The molecule has 0 aliphatic heterocycles.